The minimum atomic E-state index is -0.660. The average Bonchev–Trinajstić information content (AvgIpc) is 2.34. The molecule has 3 heteroatoms. The summed E-state index contributed by atoms with van der Waals surface area (Å²) in [4.78, 5) is 23.6. The van der Waals surface area contributed by atoms with E-state index < -0.39 is 11.9 Å². The van der Waals surface area contributed by atoms with Crippen molar-refractivity contribution in [1.29, 1.82) is 0 Å². The van der Waals surface area contributed by atoms with Gasteiger partial charge in [-0.2, -0.15) is 0 Å². The summed E-state index contributed by atoms with van der Waals surface area (Å²) in [5.74, 6) is -0.944. The first-order valence-corrected chi connectivity index (χ1v) is 6.80. The van der Waals surface area contributed by atoms with Crippen molar-refractivity contribution >= 4 is 11.9 Å². The van der Waals surface area contributed by atoms with Crippen molar-refractivity contribution in [2.45, 2.75) is 54.4 Å². The van der Waals surface area contributed by atoms with Gasteiger partial charge in [-0.3, -0.25) is 0 Å². The van der Waals surface area contributed by atoms with Crippen molar-refractivity contribution in [3.05, 3.63) is 23.8 Å². The third-order valence-corrected chi connectivity index (χ3v) is 3.46. The van der Waals surface area contributed by atoms with Gasteiger partial charge >= 0.3 is 11.9 Å². The van der Waals surface area contributed by atoms with Gasteiger partial charge in [-0.25, -0.2) is 9.59 Å². The molecule has 3 nitrogen and oxygen atoms in total. The highest BCUT2D eigenvalue weighted by molar-refractivity contribution is 6.01. The smallest absolute Gasteiger partial charge is 0.342 e. The summed E-state index contributed by atoms with van der Waals surface area (Å²) in [5.41, 5.74) is 0.486. The second-order valence-electron chi connectivity index (χ2n) is 5.66. The second-order valence-corrected chi connectivity index (χ2v) is 5.66. The molecule has 0 aromatic carbocycles. The van der Waals surface area contributed by atoms with Crippen molar-refractivity contribution in [2.24, 2.45) is 11.3 Å². The summed E-state index contributed by atoms with van der Waals surface area (Å²) >= 11 is 0. The Balaban J connectivity index is 5.27. The van der Waals surface area contributed by atoms with Gasteiger partial charge in [-0.15, -0.1) is 0 Å². The van der Waals surface area contributed by atoms with Gasteiger partial charge in [0.2, 0.25) is 0 Å². The van der Waals surface area contributed by atoms with E-state index in [0.717, 1.165) is 12.8 Å². The molecule has 0 fully saturated rings. The van der Waals surface area contributed by atoms with Crippen LogP contribution in [0.4, 0.5) is 0 Å². The molecule has 0 N–H and O–H groups in total. The van der Waals surface area contributed by atoms with Crippen LogP contribution in [-0.2, 0) is 14.3 Å². The molecule has 0 bridgehead atoms. The molecule has 0 heterocycles. The highest BCUT2D eigenvalue weighted by Gasteiger charge is 2.30. The zero-order chi connectivity index (χ0) is 15.2. The van der Waals surface area contributed by atoms with Crippen LogP contribution in [0.1, 0.15) is 54.4 Å². The maximum atomic E-state index is 12.2. The van der Waals surface area contributed by atoms with E-state index in [9.17, 15) is 9.59 Å². The van der Waals surface area contributed by atoms with Crippen LogP contribution in [0.25, 0.3) is 0 Å². The number of carbonyl (C=O) groups excluding carboxylic acids is 2. The van der Waals surface area contributed by atoms with Gasteiger partial charge in [-0.1, -0.05) is 53.7 Å². The van der Waals surface area contributed by atoms with E-state index in [2.05, 4.69) is 13.5 Å². The Morgan fingerprint density at radius 2 is 1.79 bits per heavy atom. The molecule has 0 radical (unpaired) electrons. The van der Waals surface area contributed by atoms with Crippen LogP contribution in [0.2, 0.25) is 0 Å². The number of hydrogen-bond donors (Lipinski definition) is 0. The highest BCUT2D eigenvalue weighted by Crippen LogP contribution is 2.32. The molecule has 0 rings (SSSR count). The molecule has 0 spiro atoms. The Morgan fingerprint density at radius 3 is 2.16 bits per heavy atom. The molecular weight excluding hydrogens is 240 g/mol. The fraction of sp³-hybridized carbons (Fsp3) is 0.625. The van der Waals surface area contributed by atoms with Gasteiger partial charge in [0.25, 0.3) is 0 Å². The molecule has 0 aromatic rings. The van der Waals surface area contributed by atoms with Gasteiger partial charge in [0.1, 0.15) is 0 Å². The van der Waals surface area contributed by atoms with Crippen molar-refractivity contribution in [3.8, 4) is 0 Å². The average molecular weight is 266 g/mol. The molecule has 0 saturated heterocycles. The number of ether oxygens (including phenoxy) is 1. The summed E-state index contributed by atoms with van der Waals surface area (Å²) < 4.78 is 4.86. The molecule has 108 valence electrons. The fourth-order valence-electron chi connectivity index (χ4n) is 1.39. The van der Waals surface area contributed by atoms with Crippen LogP contribution >= 0.6 is 0 Å². The topological polar surface area (TPSA) is 43.4 Å². The Kier molecular flexibility index (Phi) is 6.74. The normalized spacial score (nSPS) is 13.9. The quantitative estimate of drug-likeness (QED) is 0.414. The maximum absolute atomic E-state index is 12.2. The van der Waals surface area contributed by atoms with Crippen LogP contribution < -0.4 is 0 Å². The predicted molar refractivity (Wildman–Crippen MR) is 77.5 cm³/mol. The van der Waals surface area contributed by atoms with Gasteiger partial charge < -0.3 is 4.74 Å². The Hall–Kier alpha value is -1.38. The zero-order valence-electron chi connectivity index (χ0n) is 13.0. The molecule has 0 saturated carbocycles. The van der Waals surface area contributed by atoms with E-state index in [4.69, 9.17) is 4.74 Å². The van der Waals surface area contributed by atoms with E-state index in [1.165, 1.54) is 6.92 Å². The minimum absolute atomic E-state index is 0.227. The number of carbonyl (C=O) groups is 2. The molecule has 0 aromatic heterocycles. The third-order valence-electron chi connectivity index (χ3n) is 3.46. The second kappa shape index (κ2) is 7.27. The lowest BCUT2D eigenvalue weighted by molar-refractivity contribution is -0.154. The van der Waals surface area contributed by atoms with E-state index in [1.807, 2.05) is 33.8 Å². The van der Waals surface area contributed by atoms with Gasteiger partial charge in [0.15, 0.2) is 0 Å². The van der Waals surface area contributed by atoms with Gasteiger partial charge in [-0.05, 0) is 24.7 Å². The predicted octanol–water partition coefficient (Wildman–Crippen LogP) is 4.04. The highest BCUT2D eigenvalue weighted by atomic mass is 16.6. The molecule has 0 aliphatic carbocycles. The summed E-state index contributed by atoms with van der Waals surface area (Å²) in [5, 5.41) is 0. The van der Waals surface area contributed by atoms with Crippen LogP contribution in [0.15, 0.2) is 23.8 Å². The molecular formula is C16H26O3. The van der Waals surface area contributed by atoms with Gasteiger partial charge in [0, 0.05) is 11.1 Å². The first-order chi connectivity index (χ1) is 8.65. The van der Waals surface area contributed by atoms with Crippen molar-refractivity contribution < 1.29 is 14.3 Å². The van der Waals surface area contributed by atoms with E-state index >= 15 is 0 Å². The van der Waals surface area contributed by atoms with Crippen molar-refractivity contribution in [1.82, 2.24) is 0 Å². The number of hydrogen-bond acceptors (Lipinski definition) is 3. The Morgan fingerprint density at radius 1 is 1.26 bits per heavy atom. The zero-order valence-corrected chi connectivity index (χ0v) is 13.0. The van der Waals surface area contributed by atoms with E-state index in [1.54, 1.807) is 0 Å². The van der Waals surface area contributed by atoms with E-state index in [0.29, 0.717) is 5.57 Å². The monoisotopic (exact) mass is 266 g/mol. The lowest BCUT2D eigenvalue weighted by atomic mass is 9.80. The third kappa shape index (κ3) is 5.41. The minimum Gasteiger partial charge on any atom is -0.386 e. The van der Waals surface area contributed by atoms with Gasteiger partial charge in [0.05, 0.1) is 0 Å². The van der Waals surface area contributed by atoms with Crippen molar-refractivity contribution in [3.63, 3.8) is 0 Å². The molecule has 1 atom stereocenters. The number of esters is 2. The summed E-state index contributed by atoms with van der Waals surface area (Å²) in [6.07, 6.45) is 3.65. The van der Waals surface area contributed by atoms with Crippen LogP contribution in [-0.4, -0.2) is 11.9 Å². The van der Waals surface area contributed by atoms with Crippen molar-refractivity contribution in [2.75, 3.05) is 0 Å². The SMILES string of the molecule is C=C(C)C(=O)OC(=O)C(=CC(C)CC)C(C)(C)CC. The lowest BCUT2D eigenvalue weighted by Gasteiger charge is -2.26. The number of allylic oxidation sites excluding steroid dienone is 1. The standard InChI is InChI=1S/C16H26O3/c1-8-12(5)10-13(16(6,7)9-2)15(18)19-14(17)11(3)4/h10,12H,3,8-9H2,1-2,4-7H3. The summed E-state index contributed by atoms with van der Waals surface area (Å²) in [6, 6.07) is 0. The first-order valence-electron chi connectivity index (χ1n) is 6.80. The molecule has 0 aliphatic rings. The Labute approximate surface area is 116 Å². The largest absolute Gasteiger partial charge is 0.386 e. The van der Waals surface area contributed by atoms with Crippen LogP contribution in [0.5, 0.6) is 0 Å². The molecule has 0 aliphatic heterocycles. The summed E-state index contributed by atoms with van der Waals surface area (Å²) in [7, 11) is 0. The van der Waals surface area contributed by atoms with Crippen LogP contribution in [0, 0.1) is 11.3 Å². The van der Waals surface area contributed by atoms with Crippen LogP contribution in [0.3, 0.4) is 0 Å². The first kappa shape index (κ1) is 17.6. The Bertz CT molecular complexity index is 389. The fourth-order valence-corrected chi connectivity index (χ4v) is 1.39. The lowest BCUT2D eigenvalue weighted by Crippen LogP contribution is -2.25. The number of rotatable bonds is 6. The molecule has 1 unspecified atom stereocenters. The van der Waals surface area contributed by atoms with E-state index in [-0.39, 0.29) is 16.9 Å². The maximum Gasteiger partial charge on any atom is 0.342 e. The summed E-state index contributed by atoms with van der Waals surface area (Å²) in [6.45, 7) is 15.1. The molecule has 0 amide bonds. The molecule has 19 heavy (non-hydrogen) atoms.